The summed E-state index contributed by atoms with van der Waals surface area (Å²) >= 11 is 0. The monoisotopic (exact) mass is 345 g/mol. The summed E-state index contributed by atoms with van der Waals surface area (Å²) in [4.78, 5) is 2.42. The van der Waals surface area contributed by atoms with Gasteiger partial charge in [0.1, 0.15) is 0 Å². The molecule has 0 amide bonds. The number of rotatable bonds is 2. The Morgan fingerprint density at radius 3 is 2.60 bits per heavy atom. The third kappa shape index (κ3) is 2.28. The Bertz CT molecular complexity index is 599. The normalized spacial score (nSPS) is 55.1. The van der Waals surface area contributed by atoms with E-state index in [-0.39, 0.29) is 11.5 Å². The molecule has 25 heavy (non-hydrogen) atoms. The molecule has 4 fully saturated rings. The van der Waals surface area contributed by atoms with E-state index in [0.717, 1.165) is 44.1 Å². The Labute approximate surface area is 152 Å². The first-order valence-corrected chi connectivity index (χ1v) is 10.7. The largest absolute Gasteiger partial charge is 0.393 e. The summed E-state index contributed by atoms with van der Waals surface area (Å²) in [5.74, 6) is 2.19. The van der Waals surface area contributed by atoms with Crippen molar-refractivity contribution in [1.82, 2.24) is 4.90 Å². The van der Waals surface area contributed by atoms with E-state index in [0.29, 0.717) is 11.3 Å². The molecular formula is C22H35NO2. The highest BCUT2D eigenvalue weighted by Gasteiger charge is 2.64. The Morgan fingerprint density at radius 2 is 1.84 bits per heavy atom. The first-order chi connectivity index (χ1) is 11.9. The predicted octanol–water partition coefficient (Wildman–Crippen LogP) is 3.36. The molecule has 0 spiro atoms. The van der Waals surface area contributed by atoms with Crippen LogP contribution in [-0.4, -0.2) is 46.5 Å². The highest BCUT2D eigenvalue weighted by atomic mass is 16.3. The first-order valence-electron chi connectivity index (χ1n) is 10.7. The van der Waals surface area contributed by atoms with Crippen LogP contribution in [-0.2, 0) is 0 Å². The Hall–Kier alpha value is -0.380. The van der Waals surface area contributed by atoms with E-state index in [1.54, 1.807) is 5.57 Å². The second kappa shape index (κ2) is 5.33. The van der Waals surface area contributed by atoms with Crippen molar-refractivity contribution in [3.63, 3.8) is 0 Å². The molecule has 0 aromatic carbocycles. The molecule has 0 radical (unpaired) electrons. The molecule has 3 heteroatoms. The minimum Gasteiger partial charge on any atom is -0.393 e. The third-order valence-electron chi connectivity index (χ3n) is 9.42. The lowest BCUT2D eigenvalue weighted by Crippen LogP contribution is -2.56. The minimum absolute atomic E-state index is 0.104. The molecular weight excluding hydrogens is 310 g/mol. The zero-order valence-corrected chi connectivity index (χ0v) is 16.0. The van der Waals surface area contributed by atoms with Gasteiger partial charge in [0.05, 0.1) is 11.7 Å². The van der Waals surface area contributed by atoms with Gasteiger partial charge in [-0.25, -0.2) is 0 Å². The second-order valence-electron chi connectivity index (χ2n) is 10.5. The van der Waals surface area contributed by atoms with Gasteiger partial charge in [-0.05, 0) is 74.5 Å². The van der Waals surface area contributed by atoms with Crippen molar-refractivity contribution < 1.29 is 10.2 Å². The van der Waals surface area contributed by atoms with Crippen molar-refractivity contribution in [3.8, 4) is 0 Å². The number of aliphatic hydroxyl groups is 2. The van der Waals surface area contributed by atoms with Gasteiger partial charge >= 0.3 is 0 Å². The predicted molar refractivity (Wildman–Crippen MR) is 99.1 cm³/mol. The van der Waals surface area contributed by atoms with Crippen molar-refractivity contribution in [1.29, 1.82) is 0 Å². The molecule has 140 valence electrons. The van der Waals surface area contributed by atoms with Gasteiger partial charge in [-0.1, -0.05) is 25.5 Å². The van der Waals surface area contributed by atoms with E-state index >= 15 is 0 Å². The SMILES string of the molecule is C[C@]12CC[C@H](O)CC1=CC[C@H]1[C@H]2CC[C@@]2(C)[C@@H]1CC[C@@]2(O)CN1CC1. The van der Waals surface area contributed by atoms with Gasteiger partial charge in [-0.3, -0.25) is 4.90 Å². The zero-order valence-electron chi connectivity index (χ0n) is 16.0. The maximum atomic E-state index is 11.6. The fourth-order valence-corrected chi connectivity index (χ4v) is 7.61. The number of fused-ring (bicyclic) bond motifs is 5. The summed E-state index contributed by atoms with van der Waals surface area (Å²) in [5.41, 5.74) is 1.50. The molecule has 0 bridgehead atoms. The standard InChI is InChI=1S/C22H35NO2/c1-20-8-5-16(24)13-15(20)3-4-17-18(20)6-9-21(2)19(17)7-10-22(21,25)14-23-11-12-23/h3,16-19,24-25H,4-14H2,1-2H3/t16-,17-,18+,19+,20-,21-,22+/m0/s1. The van der Waals surface area contributed by atoms with E-state index < -0.39 is 5.60 Å². The summed E-state index contributed by atoms with van der Waals surface area (Å²) in [6.07, 6.45) is 11.3. The lowest BCUT2D eigenvalue weighted by molar-refractivity contribution is -0.128. The summed E-state index contributed by atoms with van der Waals surface area (Å²) in [7, 11) is 0. The minimum atomic E-state index is -0.465. The van der Waals surface area contributed by atoms with Crippen molar-refractivity contribution in [2.45, 2.75) is 76.9 Å². The average molecular weight is 346 g/mol. The molecule has 0 aromatic rings. The van der Waals surface area contributed by atoms with Gasteiger partial charge in [0.25, 0.3) is 0 Å². The fourth-order valence-electron chi connectivity index (χ4n) is 7.61. The number of allylic oxidation sites excluding steroid dienone is 1. The summed E-state index contributed by atoms with van der Waals surface area (Å²) in [6.45, 7) is 8.17. The van der Waals surface area contributed by atoms with Crippen LogP contribution >= 0.6 is 0 Å². The molecule has 0 unspecified atom stereocenters. The highest BCUT2D eigenvalue weighted by molar-refractivity contribution is 5.26. The van der Waals surface area contributed by atoms with Gasteiger partial charge in [0.15, 0.2) is 0 Å². The van der Waals surface area contributed by atoms with Crippen LogP contribution in [0.15, 0.2) is 11.6 Å². The van der Waals surface area contributed by atoms with Gasteiger partial charge < -0.3 is 10.2 Å². The summed E-state index contributed by atoms with van der Waals surface area (Å²) < 4.78 is 0. The van der Waals surface area contributed by atoms with Crippen molar-refractivity contribution >= 4 is 0 Å². The van der Waals surface area contributed by atoms with E-state index in [4.69, 9.17) is 0 Å². The Balaban J connectivity index is 1.45. The number of β-amino-alcohol motifs (C(OH)–C–C–N with tert-alkyl or cyclic N) is 1. The topological polar surface area (TPSA) is 43.5 Å². The average Bonchev–Trinajstić information content (AvgIpc) is 3.33. The summed E-state index contributed by atoms with van der Waals surface area (Å²) in [6, 6.07) is 0. The number of nitrogens with zero attached hydrogens (tertiary/aromatic N) is 1. The number of hydrogen-bond acceptors (Lipinski definition) is 3. The molecule has 1 saturated heterocycles. The first kappa shape index (κ1) is 16.8. The third-order valence-corrected chi connectivity index (χ3v) is 9.42. The van der Waals surface area contributed by atoms with Gasteiger partial charge in [0, 0.05) is 25.0 Å². The molecule has 5 aliphatic rings. The molecule has 1 heterocycles. The van der Waals surface area contributed by atoms with Gasteiger partial charge in [0.2, 0.25) is 0 Å². The molecule has 2 N–H and O–H groups in total. The van der Waals surface area contributed by atoms with E-state index in [9.17, 15) is 10.2 Å². The van der Waals surface area contributed by atoms with Gasteiger partial charge in [-0.15, -0.1) is 0 Å². The Morgan fingerprint density at radius 1 is 1.08 bits per heavy atom. The highest BCUT2D eigenvalue weighted by Crippen LogP contribution is 2.67. The van der Waals surface area contributed by atoms with E-state index in [2.05, 4.69) is 24.8 Å². The molecule has 3 nitrogen and oxygen atoms in total. The van der Waals surface area contributed by atoms with Crippen LogP contribution in [0.4, 0.5) is 0 Å². The van der Waals surface area contributed by atoms with Crippen LogP contribution < -0.4 is 0 Å². The van der Waals surface area contributed by atoms with Crippen LogP contribution in [0.3, 0.4) is 0 Å². The van der Waals surface area contributed by atoms with Crippen LogP contribution in [0, 0.1) is 28.6 Å². The van der Waals surface area contributed by atoms with E-state index in [1.807, 2.05) is 0 Å². The molecule has 3 saturated carbocycles. The molecule has 7 atom stereocenters. The quantitative estimate of drug-likeness (QED) is 0.596. The lowest BCUT2D eigenvalue weighted by Gasteiger charge is -2.59. The zero-order chi connectivity index (χ0) is 17.4. The number of hydrogen-bond donors (Lipinski definition) is 2. The second-order valence-corrected chi connectivity index (χ2v) is 10.5. The Kier molecular flexibility index (Phi) is 3.57. The molecule has 0 aromatic heterocycles. The molecule has 5 rings (SSSR count). The fraction of sp³-hybridized carbons (Fsp3) is 0.909. The van der Waals surface area contributed by atoms with E-state index in [1.165, 1.54) is 38.8 Å². The van der Waals surface area contributed by atoms with Crippen molar-refractivity contribution in [3.05, 3.63) is 11.6 Å². The maximum absolute atomic E-state index is 11.6. The van der Waals surface area contributed by atoms with Gasteiger partial charge in [-0.2, -0.15) is 0 Å². The molecule has 4 aliphatic carbocycles. The van der Waals surface area contributed by atoms with Crippen LogP contribution in [0.2, 0.25) is 0 Å². The molecule has 1 aliphatic heterocycles. The smallest absolute Gasteiger partial charge is 0.0830 e. The lowest BCUT2D eigenvalue weighted by atomic mass is 9.47. The maximum Gasteiger partial charge on any atom is 0.0830 e. The van der Waals surface area contributed by atoms with Crippen molar-refractivity contribution in [2.24, 2.45) is 28.6 Å². The summed E-state index contributed by atoms with van der Waals surface area (Å²) in [5, 5.41) is 21.7. The van der Waals surface area contributed by atoms with Crippen LogP contribution in [0.1, 0.15) is 65.2 Å². The van der Waals surface area contributed by atoms with Crippen molar-refractivity contribution in [2.75, 3.05) is 19.6 Å². The van der Waals surface area contributed by atoms with Crippen LogP contribution in [0.5, 0.6) is 0 Å². The van der Waals surface area contributed by atoms with Crippen LogP contribution in [0.25, 0.3) is 0 Å². The number of aliphatic hydroxyl groups excluding tert-OH is 1.